The number of ether oxygens (including phenoxy) is 2. The number of anilines is 1. The molecule has 2 saturated heterocycles. The van der Waals surface area contributed by atoms with E-state index in [1.54, 1.807) is 11.0 Å². The number of fused-ring (bicyclic) bond motifs is 1. The van der Waals surface area contributed by atoms with Crippen molar-refractivity contribution >= 4 is 22.9 Å². The molecule has 0 radical (unpaired) electrons. The second-order valence-corrected chi connectivity index (χ2v) is 8.62. The second kappa shape index (κ2) is 8.45. The smallest absolute Gasteiger partial charge is 0.407 e. The molecule has 2 aliphatic heterocycles. The predicted molar refractivity (Wildman–Crippen MR) is 126 cm³/mol. The van der Waals surface area contributed by atoms with Gasteiger partial charge in [-0.05, 0) is 19.1 Å². The summed E-state index contributed by atoms with van der Waals surface area (Å²) in [5.41, 5.74) is 5.71. The average molecular weight is 460 g/mol. The summed E-state index contributed by atoms with van der Waals surface area (Å²) >= 11 is 0. The first-order valence-electron chi connectivity index (χ1n) is 11.4. The molecule has 2 aliphatic rings. The number of amides is 1. The molecule has 0 bridgehead atoms. The molecule has 6 rings (SSSR count). The van der Waals surface area contributed by atoms with Crippen molar-refractivity contribution in [3.63, 3.8) is 0 Å². The number of rotatable bonds is 5. The van der Waals surface area contributed by atoms with E-state index in [-0.39, 0.29) is 6.04 Å². The maximum atomic E-state index is 11.5. The average Bonchev–Trinajstić information content (AvgIpc) is 3.60. The van der Waals surface area contributed by atoms with Crippen molar-refractivity contribution in [1.29, 1.82) is 0 Å². The maximum Gasteiger partial charge on any atom is 0.407 e. The summed E-state index contributed by atoms with van der Waals surface area (Å²) in [5.74, 6) is 0.710. The van der Waals surface area contributed by atoms with Gasteiger partial charge in [0.25, 0.3) is 0 Å². The molecular formula is C24H25N7O3. The number of morpholine rings is 1. The van der Waals surface area contributed by atoms with Crippen LogP contribution in [-0.2, 0) is 16.0 Å². The fraction of sp³-hybridized carbons (Fsp3) is 0.333. The van der Waals surface area contributed by atoms with E-state index in [2.05, 4.69) is 40.3 Å². The third kappa shape index (κ3) is 3.86. The van der Waals surface area contributed by atoms with E-state index >= 15 is 0 Å². The molecule has 1 amide bonds. The first kappa shape index (κ1) is 20.7. The van der Waals surface area contributed by atoms with Crippen molar-refractivity contribution in [2.75, 3.05) is 37.8 Å². The zero-order chi connectivity index (χ0) is 23.1. The van der Waals surface area contributed by atoms with Gasteiger partial charge in [0, 0.05) is 37.5 Å². The molecule has 3 aromatic heterocycles. The minimum Gasteiger partial charge on any atom is -0.447 e. The predicted octanol–water partition coefficient (Wildman–Crippen LogP) is 2.54. The first-order chi connectivity index (χ1) is 16.6. The lowest BCUT2D eigenvalue weighted by molar-refractivity contribution is 0.123. The highest BCUT2D eigenvalue weighted by molar-refractivity contribution is 5.87. The third-order valence-electron chi connectivity index (χ3n) is 6.18. The third-order valence-corrected chi connectivity index (χ3v) is 6.18. The fourth-order valence-electron chi connectivity index (χ4n) is 4.47. The van der Waals surface area contributed by atoms with Gasteiger partial charge in [-0.1, -0.05) is 23.8 Å². The van der Waals surface area contributed by atoms with Crippen molar-refractivity contribution in [3.05, 3.63) is 54.5 Å². The van der Waals surface area contributed by atoms with Crippen molar-refractivity contribution < 1.29 is 14.3 Å². The highest BCUT2D eigenvalue weighted by Gasteiger charge is 2.25. The highest BCUT2D eigenvalue weighted by atomic mass is 16.6. The molecule has 1 unspecified atom stereocenters. The maximum absolute atomic E-state index is 11.5. The van der Waals surface area contributed by atoms with E-state index in [1.165, 1.54) is 5.56 Å². The number of cyclic esters (lactones) is 1. The molecule has 174 valence electrons. The number of hydrogen-bond donors (Lipinski definition) is 1. The quantitative estimate of drug-likeness (QED) is 0.490. The first-order valence-corrected chi connectivity index (χ1v) is 11.4. The van der Waals surface area contributed by atoms with Gasteiger partial charge in [-0.2, -0.15) is 5.10 Å². The summed E-state index contributed by atoms with van der Waals surface area (Å²) < 4.78 is 14.4. The zero-order valence-electron chi connectivity index (χ0n) is 18.8. The monoisotopic (exact) mass is 459 g/mol. The van der Waals surface area contributed by atoms with Crippen molar-refractivity contribution in [2.24, 2.45) is 0 Å². The lowest BCUT2D eigenvalue weighted by Gasteiger charge is -2.29. The molecule has 4 aromatic rings. The van der Waals surface area contributed by atoms with Crippen molar-refractivity contribution in [3.8, 4) is 17.1 Å². The lowest BCUT2D eigenvalue weighted by atomic mass is 10.1. The Morgan fingerprint density at radius 2 is 2.06 bits per heavy atom. The van der Waals surface area contributed by atoms with Gasteiger partial charge in [0.2, 0.25) is 0 Å². The molecule has 10 heteroatoms. The minimum atomic E-state index is -0.391. The van der Waals surface area contributed by atoms with Gasteiger partial charge in [-0.25, -0.2) is 19.4 Å². The molecule has 1 atom stereocenters. The van der Waals surface area contributed by atoms with Gasteiger partial charge in [0.1, 0.15) is 12.1 Å². The number of benzene rings is 1. The number of alkyl carbamates (subject to hydrolysis) is 1. The van der Waals surface area contributed by atoms with Gasteiger partial charge in [0.05, 0.1) is 37.0 Å². The summed E-state index contributed by atoms with van der Waals surface area (Å²) in [5, 5.41) is 7.64. The van der Waals surface area contributed by atoms with Crippen LogP contribution in [0.2, 0.25) is 0 Å². The number of imidazole rings is 1. The summed E-state index contributed by atoms with van der Waals surface area (Å²) in [7, 11) is 0. The van der Waals surface area contributed by atoms with E-state index in [1.807, 2.05) is 29.0 Å². The minimum absolute atomic E-state index is 0.125. The van der Waals surface area contributed by atoms with E-state index < -0.39 is 6.09 Å². The van der Waals surface area contributed by atoms with Crippen LogP contribution >= 0.6 is 0 Å². The van der Waals surface area contributed by atoms with Crippen LogP contribution in [0.4, 0.5) is 10.5 Å². The normalized spacial score (nSPS) is 18.3. The SMILES string of the molecule is Cc1cccc(-c2ccn(-c3cc(N4CCOCC4)c4ncn(CC5COC(=O)N5)c4n3)n2)c1. The highest BCUT2D eigenvalue weighted by Crippen LogP contribution is 2.29. The van der Waals surface area contributed by atoms with Gasteiger partial charge >= 0.3 is 6.09 Å². The van der Waals surface area contributed by atoms with Crippen LogP contribution in [0.25, 0.3) is 28.2 Å². The number of pyridine rings is 1. The molecule has 0 spiro atoms. The molecule has 1 aromatic carbocycles. The number of aromatic nitrogens is 5. The Hall–Kier alpha value is -3.92. The number of nitrogens with zero attached hydrogens (tertiary/aromatic N) is 6. The molecule has 2 fully saturated rings. The van der Waals surface area contributed by atoms with Gasteiger partial charge in [-0.15, -0.1) is 0 Å². The number of nitrogens with one attached hydrogen (secondary N) is 1. The van der Waals surface area contributed by atoms with Crippen LogP contribution in [0.15, 0.2) is 48.9 Å². The van der Waals surface area contributed by atoms with Crippen LogP contribution in [0.5, 0.6) is 0 Å². The molecule has 1 N–H and O–H groups in total. The lowest BCUT2D eigenvalue weighted by Crippen LogP contribution is -2.36. The number of hydrogen-bond acceptors (Lipinski definition) is 7. The van der Waals surface area contributed by atoms with E-state index in [0.717, 1.165) is 41.2 Å². The summed E-state index contributed by atoms with van der Waals surface area (Å²) in [4.78, 5) is 23.4. The number of carbonyl (C=O) groups is 1. The summed E-state index contributed by atoms with van der Waals surface area (Å²) in [6, 6.07) is 12.2. The molecule has 0 saturated carbocycles. The van der Waals surface area contributed by atoms with Gasteiger partial charge in [-0.3, -0.25) is 0 Å². The largest absolute Gasteiger partial charge is 0.447 e. The van der Waals surface area contributed by atoms with E-state index in [4.69, 9.17) is 19.6 Å². The van der Waals surface area contributed by atoms with E-state index in [9.17, 15) is 4.79 Å². The Morgan fingerprint density at radius 3 is 2.85 bits per heavy atom. The molecule has 5 heterocycles. The Labute approximate surface area is 196 Å². The molecule has 34 heavy (non-hydrogen) atoms. The van der Waals surface area contributed by atoms with Crippen LogP contribution < -0.4 is 10.2 Å². The zero-order valence-corrected chi connectivity index (χ0v) is 18.8. The van der Waals surface area contributed by atoms with Gasteiger partial charge in [0.15, 0.2) is 11.5 Å². The Morgan fingerprint density at radius 1 is 1.18 bits per heavy atom. The Balaban J connectivity index is 1.42. The number of carbonyl (C=O) groups excluding carboxylic acids is 1. The van der Waals surface area contributed by atoms with Crippen LogP contribution in [0.1, 0.15) is 5.56 Å². The van der Waals surface area contributed by atoms with Crippen LogP contribution in [-0.4, -0.2) is 69.4 Å². The Bertz CT molecular complexity index is 1360. The molecule has 0 aliphatic carbocycles. The second-order valence-electron chi connectivity index (χ2n) is 8.62. The van der Waals surface area contributed by atoms with Crippen LogP contribution in [0.3, 0.4) is 0 Å². The molecular weight excluding hydrogens is 434 g/mol. The van der Waals surface area contributed by atoms with E-state index in [0.29, 0.717) is 32.2 Å². The van der Waals surface area contributed by atoms with Crippen molar-refractivity contribution in [2.45, 2.75) is 19.5 Å². The standard InChI is InChI=1S/C24H25N7O3/c1-16-3-2-4-17(11-16)19-5-6-31(28-19)21-12-20(29-7-9-33-10-8-29)22-23(27-21)30(15-25-22)13-18-14-34-24(32)26-18/h2-6,11-12,15,18H,7-10,13-14H2,1H3,(H,26,32). The van der Waals surface area contributed by atoms with Crippen LogP contribution in [0, 0.1) is 6.92 Å². The Kier molecular flexibility index (Phi) is 5.14. The fourth-order valence-corrected chi connectivity index (χ4v) is 4.47. The molecule has 10 nitrogen and oxygen atoms in total. The summed E-state index contributed by atoms with van der Waals surface area (Å²) in [6.07, 6.45) is 3.31. The number of aryl methyl sites for hydroxylation is 1. The van der Waals surface area contributed by atoms with Gasteiger partial charge < -0.3 is 24.3 Å². The van der Waals surface area contributed by atoms with Crippen molar-refractivity contribution in [1.82, 2.24) is 29.6 Å². The topological polar surface area (TPSA) is 99.3 Å². The summed E-state index contributed by atoms with van der Waals surface area (Å²) in [6.45, 7) is 5.83.